The SMILES string of the molecule is Cc1nc2ccccc2c(=O)n1/N=C(/N=Nc1ccc(Cl)cc1)c1ccc(N(C)C)cc1. The predicted molar refractivity (Wildman–Crippen MR) is 129 cm³/mol. The van der Waals surface area contributed by atoms with Crippen molar-refractivity contribution in [2.45, 2.75) is 6.92 Å². The van der Waals surface area contributed by atoms with Crippen molar-refractivity contribution in [2.24, 2.45) is 15.3 Å². The second-order valence-corrected chi connectivity index (χ2v) is 7.77. The number of benzene rings is 3. The van der Waals surface area contributed by atoms with Crippen LogP contribution in [-0.2, 0) is 0 Å². The molecule has 0 aliphatic heterocycles. The fraction of sp³-hybridized carbons (Fsp3) is 0.125. The zero-order valence-electron chi connectivity index (χ0n) is 17.9. The Morgan fingerprint density at radius 3 is 2.34 bits per heavy atom. The van der Waals surface area contributed by atoms with Crippen LogP contribution in [0.2, 0.25) is 5.02 Å². The number of nitrogens with zero attached hydrogens (tertiary/aromatic N) is 6. The number of hydrogen-bond acceptors (Lipinski definition) is 5. The Morgan fingerprint density at radius 2 is 1.66 bits per heavy atom. The van der Waals surface area contributed by atoms with Crippen molar-refractivity contribution < 1.29 is 0 Å². The van der Waals surface area contributed by atoms with Crippen LogP contribution in [0.15, 0.2) is 92.9 Å². The van der Waals surface area contributed by atoms with Crippen LogP contribution in [-0.4, -0.2) is 29.6 Å². The van der Waals surface area contributed by atoms with Gasteiger partial charge in [-0.15, -0.1) is 15.3 Å². The third kappa shape index (κ3) is 4.58. The maximum absolute atomic E-state index is 13.1. The van der Waals surface area contributed by atoms with Crippen LogP contribution >= 0.6 is 11.6 Å². The van der Waals surface area contributed by atoms with Gasteiger partial charge in [0.25, 0.3) is 5.56 Å². The normalized spacial score (nSPS) is 11.9. The molecule has 0 saturated carbocycles. The summed E-state index contributed by atoms with van der Waals surface area (Å²) in [6, 6.07) is 21.9. The lowest BCUT2D eigenvalue weighted by molar-refractivity contribution is 0.764. The Kier molecular flexibility index (Phi) is 6.09. The number of hydrogen-bond donors (Lipinski definition) is 0. The van der Waals surface area contributed by atoms with E-state index in [0.29, 0.717) is 33.0 Å². The highest BCUT2D eigenvalue weighted by molar-refractivity contribution is 6.30. The lowest BCUT2D eigenvalue weighted by atomic mass is 10.2. The third-order valence-electron chi connectivity index (χ3n) is 4.84. The molecule has 32 heavy (non-hydrogen) atoms. The molecule has 7 nitrogen and oxygen atoms in total. The van der Waals surface area contributed by atoms with E-state index in [4.69, 9.17) is 11.6 Å². The van der Waals surface area contributed by atoms with Crippen LogP contribution in [0, 0.1) is 6.92 Å². The van der Waals surface area contributed by atoms with Crippen molar-refractivity contribution in [1.82, 2.24) is 9.66 Å². The number of aromatic nitrogens is 2. The van der Waals surface area contributed by atoms with Gasteiger partial charge in [-0.25, -0.2) is 4.98 Å². The van der Waals surface area contributed by atoms with Gasteiger partial charge in [0.05, 0.1) is 16.6 Å². The molecular weight excluding hydrogens is 424 g/mol. The van der Waals surface area contributed by atoms with E-state index < -0.39 is 0 Å². The van der Waals surface area contributed by atoms with Gasteiger partial charge in [-0.05, 0) is 67.6 Å². The first-order valence-corrected chi connectivity index (χ1v) is 10.3. The van der Waals surface area contributed by atoms with Crippen molar-refractivity contribution in [3.05, 3.63) is 99.6 Å². The van der Waals surface area contributed by atoms with Gasteiger partial charge in [0.1, 0.15) is 5.82 Å². The Hall–Kier alpha value is -3.84. The number of azo groups is 1. The molecule has 4 rings (SSSR count). The van der Waals surface area contributed by atoms with Gasteiger partial charge in [0.15, 0.2) is 0 Å². The van der Waals surface area contributed by atoms with E-state index in [1.165, 1.54) is 4.68 Å². The largest absolute Gasteiger partial charge is 0.378 e. The maximum Gasteiger partial charge on any atom is 0.282 e. The highest BCUT2D eigenvalue weighted by atomic mass is 35.5. The summed E-state index contributed by atoms with van der Waals surface area (Å²) < 4.78 is 1.26. The van der Waals surface area contributed by atoms with Crippen LogP contribution in [0.1, 0.15) is 11.4 Å². The minimum atomic E-state index is -0.266. The van der Waals surface area contributed by atoms with Crippen LogP contribution in [0.4, 0.5) is 11.4 Å². The molecular formula is C24H21ClN6O. The molecule has 0 unspecified atom stereocenters. The van der Waals surface area contributed by atoms with Crippen molar-refractivity contribution in [3.63, 3.8) is 0 Å². The molecule has 3 aromatic carbocycles. The highest BCUT2D eigenvalue weighted by Gasteiger charge is 2.10. The number of anilines is 1. The van der Waals surface area contributed by atoms with Crippen molar-refractivity contribution in [1.29, 1.82) is 0 Å². The van der Waals surface area contributed by atoms with E-state index >= 15 is 0 Å². The minimum Gasteiger partial charge on any atom is -0.378 e. The van der Waals surface area contributed by atoms with E-state index in [-0.39, 0.29) is 11.4 Å². The van der Waals surface area contributed by atoms with E-state index in [1.807, 2.05) is 49.3 Å². The van der Waals surface area contributed by atoms with Gasteiger partial charge in [-0.2, -0.15) is 4.68 Å². The average molecular weight is 445 g/mol. The highest BCUT2D eigenvalue weighted by Crippen LogP contribution is 2.19. The van der Waals surface area contributed by atoms with Crippen molar-refractivity contribution >= 4 is 39.7 Å². The molecule has 0 atom stereocenters. The first kappa shape index (κ1) is 21.4. The molecule has 1 heterocycles. The van der Waals surface area contributed by atoms with Gasteiger partial charge >= 0.3 is 0 Å². The topological polar surface area (TPSA) is 75.2 Å². The molecule has 1 aromatic heterocycles. The smallest absolute Gasteiger partial charge is 0.282 e. The number of rotatable bonds is 4. The number of amidine groups is 1. The Bertz CT molecular complexity index is 1370. The first-order valence-electron chi connectivity index (χ1n) is 9.95. The number of para-hydroxylation sites is 1. The van der Waals surface area contributed by atoms with Crippen molar-refractivity contribution in [2.75, 3.05) is 19.0 Å². The monoisotopic (exact) mass is 444 g/mol. The van der Waals surface area contributed by atoms with E-state index in [1.54, 1.807) is 49.4 Å². The van der Waals surface area contributed by atoms with Crippen LogP contribution in [0.25, 0.3) is 10.9 Å². The summed E-state index contributed by atoms with van der Waals surface area (Å²) in [5.41, 5.74) is 2.72. The molecule has 4 aromatic rings. The van der Waals surface area contributed by atoms with E-state index in [0.717, 1.165) is 5.69 Å². The summed E-state index contributed by atoms with van der Waals surface area (Å²) in [7, 11) is 3.93. The van der Waals surface area contributed by atoms with E-state index in [2.05, 4.69) is 20.3 Å². The second kappa shape index (κ2) is 9.11. The molecule has 0 fully saturated rings. The maximum atomic E-state index is 13.1. The molecule has 160 valence electrons. The Morgan fingerprint density at radius 1 is 0.969 bits per heavy atom. The standard InChI is InChI=1S/C24H21ClN6O/c1-16-26-22-7-5-4-6-21(22)24(32)31(16)29-23(17-8-14-20(15-9-17)30(2)3)28-27-19-12-10-18(25)11-13-19/h4-15H,1-3H3/b28-27?,29-23+. The van der Waals surface area contributed by atoms with Crippen molar-refractivity contribution in [3.8, 4) is 0 Å². The van der Waals surface area contributed by atoms with Gasteiger partial charge in [-0.1, -0.05) is 23.7 Å². The molecule has 8 heteroatoms. The van der Waals surface area contributed by atoms with Gasteiger partial charge in [0.2, 0.25) is 5.84 Å². The lowest BCUT2D eigenvalue weighted by Crippen LogP contribution is -2.22. The predicted octanol–water partition coefficient (Wildman–Crippen LogP) is 5.42. The molecule has 0 aliphatic rings. The fourth-order valence-corrected chi connectivity index (χ4v) is 3.23. The molecule has 0 spiro atoms. The zero-order valence-corrected chi connectivity index (χ0v) is 18.7. The molecule has 0 aliphatic carbocycles. The quantitative estimate of drug-likeness (QED) is 0.239. The first-order chi connectivity index (χ1) is 15.4. The minimum absolute atomic E-state index is 0.266. The average Bonchev–Trinajstić information content (AvgIpc) is 2.80. The summed E-state index contributed by atoms with van der Waals surface area (Å²) in [5.74, 6) is 0.741. The second-order valence-electron chi connectivity index (χ2n) is 7.33. The lowest BCUT2D eigenvalue weighted by Gasteiger charge is -2.12. The molecule has 0 saturated heterocycles. The number of halogens is 1. The van der Waals surface area contributed by atoms with Gasteiger partial charge in [0, 0.05) is 30.4 Å². The molecule has 0 bridgehead atoms. The zero-order chi connectivity index (χ0) is 22.7. The third-order valence-corrected chi connectivity index (χ3v) is 5.09. The summed E-state index contributed by atoms with van der Waals surface area (Å²) >= 11 is 5.96. The van der Waals surface area contributed by atoms with Gasteiger partial charge < -0.3 is 4.90 Å². The Balaban J connectivity index is 1.85. The summed E-state index contributed by atoms with van der Waals surface area (Å²) in [5, 5.41) is 14.3. The summed E-state index contributed by atoms with van der Waals surface area (Å²) in [4.78, 5) is 19.6. The fourth-order valence-electron chi connectivity index (χ4n) is 3.10. The Labute approximate surface area is 190 Å². The molecule has 0 N–H and O–H groups in total. The molecule has 0 radical (unpaired) electrons. The van der Waals surface area contributed by atoms with Crippen LogP contribution in [0.3, 0.4) is 0 Å². The van der Waals surface area contributed by atoms with E-state index in [9.17, 15) is 4.79 Å². The summed E-state index contributed by atoms with van der Waals surface area (Å²) in [6.45, 7) is 1.74. The molecule has 0 amide bonds. The van der Waals surface area contributed by atoms with Crippen LogP contribution in [0.5, 0.6) is 0 Å². The number of fused-ring (bicyclic) bond motifs is 1. The number of aryl methyl sites for hydroxylation is 1. The van der Waals surface area contributed by atoms with Gasteiger partial charge in [-0.3, -0.25) is 4.79 Å². The van der Waals surface area contributed by atoms with Crippen LogP contribution < -0.4 is 10.5 Å². The summed E-state index contributed by atoms with van der Waals surface area (Å²) in [6.07, 6.45) is 0.